The third kappa shape index (κ3) is 3.86. The average Bonchev–Trinajstić information content (AvgIpc) is 2.74. The minimum atomic E-state index is -4.43. The summed E-state index contributed by atoms with van der Waals surface area (Å²) in [4.78, 5) is 11.2. The molecule has 1 aliphatic rings. The molecule has 0 radical (unpaired) electrons. The quantitative estimate of drug-likeness (QED) is 0.887. The summed E-state index contributed by atoms with van der Waals surface area (Å²) in [6.45, 7) is -1.84. The molecule has 0 heterocycles. The molecule has 4 nitrogen and oxygen atoms in total. The van der Waals surface area contributed by atoms with E-state index in [-0.39, 0.29) is 0 Å². The molecule has 1 unspecified atom stereocenters. The van der Waals surface area contributed by atoms with E-state index in [0.717, 1.165) is 11.1 Å². The van der Waals surface area contributed by atoms with Crippen molar-refractivity contribution in [2.24, 2.45) is 0 Å². The number of halogens is 3. The number of aryl methyl sites for hydroxylation is 1. The third-order valence-electron chi connectivity index (χ3n) is 3.02. The fourth-order valence-electron chi connectivity index (χ4n) is 2.06. The van der Waals surface area contributed by atoms with Gasteiger partial charge in [-0.25, -0.2) is 0 Å². The molecule has 0 saturated heterocycles. The Morgan fingerprint density at radius 1 is 1.45 bits per heavy atom. The second-order valence-electron chi connectivity index (χ2n) is 4.60. The molecule has 1 aromatic carbocycles. The van der Waals surface area contributed by atoms with Crippen LogP contribution in [-0.2, 0) is 11.2 Å². The standard InChI is InChI=1S/C13H14F3NO3/c14-13(15,16)7-17-12(19)6-20-9-2-3-10-8(5-9)1-4-11(10)18/h2-3,5,11,18H,1,4,6-7H2,(H,17,19). The Labute approximate surface area is 113 Å². The molecule has 0 aromatic heterocycles. The van der Waals surface area contributed by atoms with Gasteiger partial charge in [0.15, 0.2) is 6.61 Å². The maximum Gasteiger partial charge on any atom is 0.405 e. The van der Waals surface area contributed by atoms with Gasteiger partial charge in [-0.2, -0.15) is 13.2 Å². The van der Waals surface area contributed by atoms with E-state index < -0.39 is 31.3 Å². The van der Waals surface area contributed by atoms with Crippen molar-refractivity contribution in [2.45, 2.75) is 25.1 Å². The van der Waals surface area contributed by atoms with Crippen LogP contribution >= 0.6 is 0 Å². The molecule has 1 aromatic rings. The van der Waals surface area contributed by atoms with Crippen LogP contribution in [0.1, 0.15) is 23.7 Å². The first-order valence-electron chi connectivity index (χ1n) is 6.12. The minimum absolute atomic E-state index is 0.403. The maximum absolute atomic E-state index is 11.9. The molecular formula is C13H14F3NO3. The van der Waals surface area contributed by atoms with Crippen molar-refractivity contribution in [1.29, 1.82) is 0 Å². The highest BCUT2D eigenvalue weighted by Gasteiger charge is 2.27. The van der Waals surface area contributed by atoms with E-state index in [2.05, 4.69) is 0 Å². The van der Waals surface area contributed by atoms with Crippen LogP contribution in [0.3, 0.4) is 0 Å². The summed E-state index contributed by atoms with van der Waals surface area (Å²) >= 11 is 0. The van der Waals surface area contributed by atoms with E-state index in [1.807, 2.05) is 0 Å². The molecule has 110 valence electrons. The van der Waals surface area contributed by atoms with Gasteiger partial charge in [0.25, 0.3) is 5.91 Å². The summed E-state index contributed by atoms with van der Waals surface area (Å²) in [6, 6.07) is 4.99. The van der Waals surface area contributed by atoms with E-state index >= 15 is 0 Å². The van der Waals surface area contributed by atoms with E-state index in [1.54, 1.807) is 23.5 Å². The van der Waals surface area contributed by atoms with Crippen molar-refractivity contribution in [3.05, 3.63) is 29.3 Å². The number of benzene rings is 1. The maximum atomic E-state index is 11.9. The minimum Gasteiger partial charge on any atom is -0.484 e. The second kappa shape index (κ2) is 5.70. The first-order chi connectivity index (χ1) is 9.35. The number of carbonyl (C=O) groups is 1. The van der Waals surface area contributed by atoms with E-state index in [4.69, 9.17) is 4.74 Å². The number of carbonyl (C=O) groups excluding carboxylic acids is 1. The van der Waals surface area contributed by atoms with E-state index in [0.29, 0.717) is 18.6 Å². The fraction of sp³-hybridized carbons (Fsp3) is 0.462. The summed E-state index contributed by atoms with van der Waals surface area (Å²) < 4.78 is 40.8. The SMILES string of the molecule is O=C(COc1ccc2c(c1)CCC2O)NCC(F)(F)F. The molecule has 1 aliphatic carbocycles. The predicted molar refractivity (Wildman–Crippen MR) is 64.3 cm³/mol. The van der Waals surface area contributed by atoms with Gasteiger partial charge in [0, 0.05) is 0 Å². The Kier molecular flexibility index (Phi) is 4.17. The van der Waals surface area contributed by atoms with Crippen LogP contribution in [0.25, 0.3) is 0 Å². The van der Waals surface area contributed by atoms with E-state index in [9.17, 15) is 23.1 Å². The molecule has 1 atom stereocenters. The molecule has 1 amide bonds. The Bertz CT molecular complexity index is 502. The lowest BCUT2D eigenvalue weighted by Crippen LogP contribution is -2.36. The van der Waals surface area contributed by atoms with Crippen LogP contribution in [-0.4, -0.2) is 30.3 Å². The monoisotopic (exact) mass is 289 g/mol. The van der Waals surface area contributed by atoms with Crippen molar-refractivity contribution in [3.63, 3.8) is 0 Å². The van der Waals surface area contributed by atoms with E-state index in [1.165, 1.54) is 0 Å². The zero-order valence-electron chi connectivity index (χ0n) is 10.5. The molecule has 0 saturated carbocycles. The smallest absolute Gasteiger partial charge is 0.405 e. The number of amides is 1. The predicted octanol–water partition coefficient (Wildman–Crippen LogP) is 1.72. The summed E-state index contributed by atoms with van der Waals surface area (Å²) in [5.74, 6) is -0.428. The topological polar surface area (TPSA) is 58.6 Å². The zero-order valence-corrected chi connectivity index (χ0v) is 10.5. The summed E-state index contributed by atoms with van der Waals surface area (Å²) in [7, 11) is 0. The second-order valence-corrected chi connectivity index (χ2v) is 4.60. The number of hydrogen-bond donors (Lipinski definition) is 2. The van der Waals surface area contributed by atoms with Crippen LogP contribution in [0.4, 0.5) is 13.2 Å². The van der Waals surface area contributed by atoms with Gasteiger partial charge in [-0.05, 0) is 36.1 Å². The molecule has 0 fully saturated rings. The highest BCUT2D eigenvalue weighted by molar-refractivity contribution is 5.77. The van der Waals surface area contributed by atoms with Crippen molar-refractivity contribution in [2.75, 3.05) is 13.2 Å². The lowest BCUT2D eigenvalue weighted by Gasteiger charge is -2.10. The molecular weight excluding hydrogens is 275 g/mol. The molecule has 0 aliphatic heterocycles. The molecule has 0 bridgehead atoms. The highest BCUT2D eigenvalue weighted by atomic mass is 19.4. The van der Waals surface area contributed by atoms with Gasteiger partial charge in [-0.3, -0.25) is 4.79 Å². The molecule has 20 heavy (non-hydrogen) atoms. The summed E-state index contributed by atoms with van der Waals surface area (Å²) in [6.07, 6.45) is -3.55. The Morgan fingerprint density at radius 3 is 2.90 bits per heavy atom. The van der Waals surface area contributed by atoms with Gasteiger partial charge in [0.2, 0.25) is 0 Å². The van der Waals surface area contributed by atoms with Crippen molar-refractivity contribution in [1.82, 2.24) is 5.32 Å². The van der Waals surface area contributed by atoms with Gasteiger partial charge >= 0.3 is 6.18 Å². The van der Waals surface area contributed by atoms with Gasteiger partial charge in [-0.1, -0.05) is 6.07 Å². The van der Waals surface area contributed by atoms with Crippen LogP contribution < -0.4 is 10.1 Å². The zero-order chi connectivity index (χ0) is 14.8. The van der Waals surface area contributed by atoms with Crippen LogP contribution in [0, 0.1) is 0 Å². The molecule has 7 heteroatoms. The number of aliphatic hydroxyl groups excluding tert-OH is 1. The number of ether oxygens (including phenoxy) is 1. The number of nitrogens with one attached hydrogen (secondary N) is 1. The highest BCUT2D eigenvalue weighted by Crippen LogP contribution is 2.33. The van der Waals surface area contributed by atoms with Crippen LogP contribution in [0.15, 0.2) is 18.2 Å². The van der Waals surface area contributed by atoms with Gasteiger partial charge in [0.1, 0.15) is 12.3 Å². The number of aliphatic hydroxyl groups is 1. The third-order valence-corrected chi connectivity index (χ3v) is 3.02. The van der Waals surface area contributed by atoms with Gasteiger partial charge in [-0.15, -0.1) is 0 Å². The first-order valence-corrected chi connectivity index (χ1v) is 6.12. The Hall–Kier alpha value is -1.76. The van der Waals surface area contributed by atoms with Crippen molar-refractivity contribution < 1.29 is 27.8 Å². The van der Waals surface area contributed by atoms with Crippen molar-refractivity contribution >= 4 is 5.91 Å². The van der Waals surface area contributed by atoms with Crippen molar-refractivity contribution in [3.8, 4) is 5.75 Å². The molecule has 2 rings (SSSR count). The number of hydrogen-bond acceptors (Lipinski definition) is 3. The average molecular weight is 289 g/mol. The van der Waals surface area contributed by atoms with Crippen LogP contribution in [0.2, 0.25) is 0 Å². The Balaban J connectivity index is 1.84. The number of rotatable bonds is 4. The Morgan fingerprint density at radius 2 is 2.20 bits per heavy atom. The molecule has 0 spiro atoms. The number of alkyl halides is 3. The lowest BCUT2D eigenvalue weighted by molar-refractivity contribution is -0.139. The normalized spacial score (nSPS) is 17.7. The fourth-order valence-corrected chi connectivity index (χ4v) is 2.06. The van der Waals surface area contributed by atoms with Crippen LogP contribution in [0.5, 0.6) is 5.75 Å². The molecule has 2 N–H and O–H groups in total. The largest absolute Gasteiger partial charge is 0.484 e. The summed E-state index contributed by atoms with van der Waals surface area (Å²) in [5.41, 5.74) is 1.77. The number of fused-ring (bicyclic) bond motifs is 1. The van der Waals surface area contributed by atoms with Gasteiger partial charge in [0.05, 0.1) is 6.10 Å². The first kappa shape index (κ1) is 14.6. The lowest BCUT2D eigenvalue weighted by atomic mass is 10.1. The van der Waals surface area contributed by atoms with Gasteiger partial charge < -0.3 is 15.2 Å². The summed E-state index contributed by atoms with van der Waals surface area (Å²) in [5, 5.41) is 11.3.